The van der Waals surface area contributed by atoms with E-state index in [4.69, 9.17) is 4.74 Å². The summed E-state index contributed by atoms with van der Waals surface area (Å²) in [5.41, 5.74) is 10.4. The number of nitrogens with one attached hydrogen (secondary N) is 1. The van der Waals surface area contributed by atoms with Crippen LogP contribution in [-0.2, 0) is 19.9 Å². The van der Waals surface area contributed by atoms with Gasteiger partial charge in [0.15, 0.2) is 0 Å². The summed E-state index contributed by atoms with van der Waals surface area (Å²) in [6, 6.07) is 28.6. The summed E-state index contributed by atoms with van der Waals surface area (Å²) in [6.07, 6.45) is -0.898. The van der Waals surface area contributed by atoms with Crippen molar-refractivity contribution in [1.82, 2.24) is 10.2 Å². The lowest BCUT2D eigenvalue weighted by Crippen LogP contribution is -2.73. The molecule has 2 unspecified atom stereocenters. The number of likely N-dealkylation sites (tertiary alicyclic amines) is 1. The minimum atomic E-state index is -0.925. The summed E-state index contributed by atoms with van der Waals surface area (Å²) in [5, 5.41) is 7.42. The van der Waals surface area contributed by atoms with Crippen molar-refractivity contribution in [3.8, 4) is 0 Å². The molecule has 4 rings (SSSR count). The second-order valence-corrected chi connectivity index (χ2v) is 9.64. The van der Waals surface area contributed by atoms with Crippen LogP contribution in [0.1, 0.15) is 37.5 Å². The van der Waals surface area contributed by atoms with Crippen LogP contribution in [0.5, 0.6) is 0 Å². The lowest BCUT2D eigenvalue weighted by Gasteiger charge is -2.49. The molecule has 36 heavy (non-hydrogen) atoms. The highest BCUT2D eigenvalue weighted by Crippen LogP contribution is 2.39. The van der Waals surface area contributed by atoms with Gasteiger partial charge in [-0.25, -0.2) is 0 Å². The van der Waals surface area contributed by atoms with Crippen LogP contribution in [0.4, 0.5) is 0 Å². The van der Waals surface area contributed by atoms with Gasteiger partial charge < -0.3 is 9.64 Å². The number of hydrogen-bond donors (Lipinski definition) is 1. The van der Waals surface area contributed by atoms with Crippen LogP contribution in [0.15, 0.2) is 96.1 Å². The van der Waals surface area contributed by atoms with E-state index >= 15 is 0 Å². The number of nitrogens with zero attached hydrogens (tertiary/aromatic N) is 4. The van der Waals surface area contributed by atoms with Gasteiger partial charge in [-0.3, -0.25) is 14.9 Å². The van der Waals surface area contributed by atoms with Gasteiger partial charge in [0.2, 0.25) is 5.91 Å². The fourth-order valence-electron chi connectivity index (χ4n) is 4.58. The van der Waals surface area contributed by atoms with Gasteiger partial charge in [-0.1, -0.05) is 96.1 Å². The average molecular weight is 484 g/mol. The van der Waals surface area contributed by atoms with Crippen LogP contribution in [-0.4, -0.2) is 41.1 Å². The molecule has 1 aliphatic rings. The zero-order valence-corrected chi connectivity index (χ0v) is 20.5. The van der Waals surface area contributed by atoms with Crippen molar-refractivity contribution in [2.45, 2.75) is 44.1 Å². The van der Waals surface area contributed by atoms with Crippen LogP contribution in [0.3, 0.4) is 0 Å². The van der Waals surface area contributed by atoms with E-state index in [1.165, 1.54) is 4.90 Å². The van der Waals surface area contributed by atoms with Crippen molar-refractivity contribution in [2.75, 3.05) is 6.54 Å². The van der Waals surface area contributed by atoms with E-state index in [0.29, 0.717) is 0 Å². The molecule has 1 aliphatic heterocycles. The van der Waals surface area contributed by atoms with Crippen LogP contribution in [0.25, 0.3) is 10.4 Å². The maximum atomic E-state index is 13.4. The van der Waals surface area contributed by atoms with Crippen molar-refractivity contribution >= 4 is 11.9 Å². The number of benzene rings is 3. The molecule has 8 heteroatoms. The second-order valence-electron chi connectivity index (χ2n) is 9.64. The lowest BCUT2D eigenvalue weighted by molar-refractivity contribution is -0.167. The van der Waals surface area contributed by atoms with Gasteiger partial charge in [-0.2, -0.15) is 0 Å². The summed E-state index contributed by atoms with van der Waals surface area (Å²) in [5.74, 6) is -0.904. The van der Waals surface area contributed by atoms with E-state index in [9.17, 15) is 15.1 Å². The first-order chi connectivity index (χ1) is 17.3. The maximum Gasteiger partial charge on any atom is 0.326 e. The molecule has 3 aromatic carbocycles. The summed E-state index contributed by atoms with van der Waals surface area (Å²) >= 11 is 0. The van der Waals surface area contributed by atoms with E-state index in [2.05, 4.69) is 15.3 Å². The Labute approximate surface area is 210 Å². The molecule has 1 fully saturated rings. The molecular formula is C28H29N5O3. The number of ether oxygens (including phenoxy) is 1. The Morgan fingerprint density at radius 1 is 0.917 bits per heavy atom. The molecule has 0 aromatic heterocycles. The quantitative estimate of drug-likeness (QED) is 0.124. The summed E-state index contributed by atoms with van der Waals surface area (Å²) in [4.78, 5) is 30.0. The van der Waals surface area contributed by atoms with Crippen LogP contribution in [0, 0.1) is 0 Å². The summed E-state index contributed by atoms with van der Waals surface area (Å²) < 4.78 is 5.38. The normalized spacial score (nSPS) is 17.6. The van der Waals surface area contributed by atoms with Gasteiger partial charge in [0, 0.05) is 4.91 Å². The molecule has 0 bridgehead atoms. The smallest absolute Gasteiger partial charge is 0.326 e. The number of hydrogen-bond acceptors (Lipinski definition) is 5. The second kappa shape index (κ2) is 10.2. The fourth-order valence-corrected chi connectivity index (χ4v) is 4.58. The third-order valence-electron chi connectivity index (χ3n) is 6.05. The van der Waals surface area contributed by atoms with E-state index < -0.39 is 29.3 Å². The first-order valence-electron chi connectivity index (χ1n) is 11.8. The topological polar surface area (TPSA) is 107 Å². The van der Waals surface area contributed by atoms with Crippen molar-refractivity contribution in [1.29, 1.82) is 0 Å². The Morgan fingerprint density at radius 2 is 1.36 bits per heavy atom. The van der Waals surface area contributed by atoms with E-state index in [0.717, 1.165) is 16.7 Å². The number of β-lactam (4-membered cyclic amide) rings is 1. The Kier molecular flexibility index (Phi) is 7.10. The first-order valence-corrected chi connectivity index (χ1v) is 11.8. The molecule has 1 amide bonds. The molecule has 2 atom stereocenters. The Morgan fingerprint density at radius 3 is 1.75 bits per heavy atom. The minimum Gasteiger partial charge on any atom is -0.459 e. The highest BCUT2D eigenvalue weighted by molar-refractivity contribution is 5.92. The Hall–Kier alpha value is -4.13. The fraction of sp³-hybridized carbons (Fsp3) is 0.286. The molecule has 1 heterocycles. The zero-order valence-electron chi connectivity index (χ0n) is 20.5. The molecule has 184 valence electrons. The molecule has 1 saturated heterocycles. The van der Waals surface area contributed by atoms with E-state index in [1.54, 1.807) is 20.8 Å². The van der Waals surface area contributed by atoms with Crippen molar-refractivity contribution in [3.63, 3.8) is 0 Å². The molecule has 0 saturated carbocycles. The third-order valence-corrected chi connectivity index (χ3v) is 6.05. The third kappa shape index (κ3) is 4.96. The van der Waals surface area contributed by atoms with Crippen LogP contribution in [0.2, 0.25) is 0 Å². The van der Waals surface area contributed by atoms with Gasteiger partial charge in [-0.15, -0.1) is 0 Å². The number of esters is 1. The van der Waals surface area contributed by atoms with Gasteiger partial charge >= 0.3 is 5.97 Å². The number of carbonyl (C=O) groups is 2. The van der Waals surface area contributed by atoms with Crippen molar-refractivity contribution in [2.24, 2.45) is 5.11 Å². The average Bonchev–Trinajstić information content (AvgIpc) is 2.88. The van der Waals surface area contributed by atoms with Gasteiger partial charge in [-0.05, 0) is 43.0 Å². The summed E-state index contributed by atoms with van der Waals surface area (Å²) in [6.45, 7) is 4.97. The highest BCUT2D eigenvalue weighted by Gasteiger charge is 2.52. The predicted molar refractivity (Wildman–Crippen MR) is 137 cm³/mol. The van der Waals surface area contributed by atoms with Gasteiger partial charge in [0.1, 0.15) is 24.4 Å². The number of carbonyl (C=O) groups excluding carboxylic acids is 2. The lowest BCUT2D eigenvalue weighted by atomic mass is 9.75. The van der Waals surface area contributed by atoms with Crippen molar-refractivity contribution in [3.05, 3.63) is 118 Å². The molecule has 1 N–H and O–H groups in total. The number of azide groups is 1. The molecule has 0 aliphatic carbocycles. The van der Waals surface area contributed by atoms with Gasteiger partial charge in [0.05, 0.1) is 5.54 Å². The van der Waals surface area contributed by atoms with Crippen LogP contribution < -0.4 is 5.32 Å². The SMILES string of the molecule is CC(C)(C)OC(=O)CN1C(=O)C(NC(c2ccccc2)(c2ccccc2)c2ccccc2)C1N=[N+]=[N-]. The molecule has 3 aromatic rings. The van der Waals surface area contributed by atoms with Crippen molar-refractivity contribution < 1.29 is 14.3 Å². The van der Waals surface area contributed by atoms with E-state index in [1.807, 2.05) is 91.0 Å². The molecular weight excluding hydrogens is 454 g/mol. The molecule has 0 radical (unpaired) electrons. The standard InChI is InChI=1S/C28H29N5O3/c1-27(2,3)36-23(34)19-33-25(31-32-29)24(26(33)35)30-28(20-13-7-4-8-14-20,21-15-9-5-10-16-21)22-17-11-6-12-18-22/h4-18,24-25,30H,19H2,1-3H3. The first kappa shape index (κ1) is 25.0. The largest absolute Gasteiger partial charge is 0.459 e. The molecule has 0 spiro atoms. The van der Waals surface area contributed by atoms with Crippen LogP contribution >= 0.6 is 0 Å². The Balaban J connectivity index is 1.77. The summed E-state index contributed by atoms with van der Waals surface area (Å²) in [7, 11) is 0. The monoisotopic (exact) mass is 483 g/mol. The van der Waals surface area contributed by atoms with E-state index in [-0.39, 0.29) is 12.5 Å². The predicted octanol–water partition coefficient (Wildman–Crippen LogP) is 4.76. The minimum absolute atomic E-state index is 0.299. The molecule has 8 nitrogen and oxygen atoms in total. The highest BCUT2D eigenvalue weighted by atomic mass is 16.6. The maximum absolute atomic E-state index is 13.4. The Bertz CT molecular complexity index is 1160. The zero-order chi connectivity index (χ0) is 25.8. The number of amides is 1. The van der Waals surface area contributed by atoms with Gasteiger partial charge in [0.25, 0.3) is 0 Å². The number of rotatable bonds is 8.